The molecule has 0 spiro atoms. The molecule has 13 heteroatoms. The van der Waals surface area contributed by atoms with Crippen LogP contribution in [0.2, 0.25) is 5.02 Å². The number of rotatable bonds is 9. The molecule has 0 unspecified atom stereocenters. The highest BCUT2D eigenvalue weighted by Gasteiger charge is 2.30. The molecule has 2 amide bonds. The number of halogens is 2. The first kappa shape index (κ1) is 28.1. The van der Waals surface area contributed by atoms with E-state index in [1.165, 1.54) is 41.2 Å². The lowest BCUT2D eigenvalue weighted by Crippen LogP contribution is -2.29. The Hall–Kier alpha value is -4.42. The van der Waals surface area contributed by atoms with E-state index in [0.29, 0.717) is 22.5 Å². The molecule has 2 aromatic carbocycles. The molecule has 0 fully saturated rings. The SMILES string of the molecule is CC(=O)Cn1c(C(=O)NCc2nccn2C)nc(NC(=O)c2nsc3ccccc23)c1[C@H](C)c1cc(F)ccc1Cl. The number of carbonyl (C=O) groups is 3. The average Bonchev–Trinajstić information content (AvgIpc) is 3.65. The lowest BCUT2D eigenvalue weighted by Gasteiger charge is -2.19. The first-order valence-electron chi connectivity index (χ1n) is 12.6. The van der Waals surface area contributed by atoms with Gasteiger partial charge in [-0.1, -0.05) is 36.7 Å². The molecular weight excluding hydrogens is 569 g/mol. The molecule has 210 valence electrons. The molecular formula is C28H25ClFN7O3S. The highest BCUT2D eigenvalue weighted by molar-refractivity contribution is 7.13. The topological polar surface area (TPSA) is 124 Å². The number of anilines is 1. The van der Waals surface area contributed by atoms with Gasteiger partial charge in [0.2, 0.25) is 5.82 Å². The van der Waals surface area contributed by atoms with Crippen LogP contribution >= 0.6 is 23.1 Å². The lowest BCUT2D eigenvalue weighted by molar-refractivity contribution is -0.117. The van der Waals surface area contributed by atoms with Crippen molar-refractivity contribution in [2.75, 3.05) is 5.32 Å². The van der Waals surface area contributed by atoms with Gasteiger partial charge in [0.05, 0.1) is 23.5 Å². The Morgan fingerprint density at radius 3 is 2.66 bits per heavy atom. The summed E-state index contributed by atoms with van der Waals surface area (Å²) in [5.41, 5.74) is 0.892. The van der Waals surface area contributed by atoms with Crippen molar-refractivity contribution in [2.24, 2.45) is 7.05 Å². The summed E-state index contributed by atoms with van der Waals surface area (Å²) in [4.78, 5) is 48.0. The summed E-state index contributed by atoms with van der Waals surface area (Å²) < 4.78 is 22.6. The first-order chi connectivity index (χ1) is 19.6. The van der Waals surface area contributed by atoms with E-state index >= 15 is 0 Å². The molecule has 41 heavy (non-hydrogen) atoms. The number of ketones is 1. The van der Waals surface area contributed by atoms with Crippen LogP contribution in [0, 0.1) is 5.82 Å². The van der Waals surface area contributed by atoms with E-state index in [9.17, 15) is 18.8 Å². The van der Waals surface area contributed by atoms with Gasteiger partial charge in [-0.3, -0.25) is 14.4 Å². The van der Waals surface area contributed by atoms with Crippen molar-refractivity contribution in [3.05, 3.63) is 94.3 Å². The van der Waals surface area contributed by atoms with Gasteiger partial charge in [0, 0.05) is 35.8 Å². The van der Waals surface area contributed by atoms with Crippen LogP contribution in [0.1, 0.15) is 58.0 Å². The maximum atomic E-state index is 14.3. The van der Waals surface area contributed by atoms with Crippen LogP contribution in [0.4, 0.5) is 10.2 Å². The Morgan fingerprint density at radius 2 is 1.93 bits per heavy atom. The fourth-order valence-corrected chi connectivity index (χ4v) is 5.62. The zero-order chi connectivity index (χ0) is 29.3. The molecule has 0 saturated heterocycles. The van der Waals surface area contributed by atoms with E-state index in [4.69, 9.17) is 11.6 Å². The summed E-state index contributed by atoms with van der Waals surface area (Å²) in [5, 5.41) is 6.50. The number of hydrogen-bond acceptors (Lipinski definition) is 7. The highest BCUT2D eigenvalue weighted by atomic mass is 35.5. The van der Waals surface area contributed by atoms with E-state index in [-0.39, 0.29) is 41.2 Å². The molecule has 0 radical (unpaired) electrons. The van der Waals surface area contributed by atoms with Crippen LogP contribution in [0.3, 0.4) is 0 Å². The number of Topliss-reactive ketones (excluding diaryl/α,β-unsaturated/α-hetero) is 1. The van der Waals surface area contributed by atoms with E-state index in [2.05, 4.69) is 25.0 Å². The summed E-state index contributed by atoms with van der Waals surface area (Å²) >= 11 is 7.63. The van der Waals surface area contributed by atoms with Crippen molar-refractivity contribution in [3.8, 4) is 0 Å². The first-order valence-corrected chi connectivity index (χ1v) is 13.7. The zero-order valence-corrected chi connectivity index (χ0v) is 23.9. The number of imidazole rings is 2. The normalized spacial score (nSPS) is 11.9. The second-order valence-corrected chi connectivity index (χ2v) is 10.7. The molecule has 0 bridgehead atoms. The van der Waals surface area contributed by atoms with Gasteiger partial charge in [0.15, 0.2) is 5.82 Å². The maximum Gasteiger partial charge on any atom is 0.287 e. The summed E-state index contributed by atoms with van der Waals surface area (Å²) in [6.45, 7) is 2.99. The standard InChI is InChI=1S/C28H25ClFN7O3S/c1-15(38)14-37-24(16(2)19-12-17(30)8-9-20(19)29)25(33-26(37)28(40)32-13-22-31-10-11-36(22)3)34-27(39)23-18-6-4-5-7-21(18)41-35-23/h4-12,16H,13-14H2,1-3H3,(H,32,40)(H,34,39)/t16-/m1/s1. The van der Waals surface area contributed by atoms with Gasteiger partial charge in [0.1, 0.15) is 23.1 Å². The lowest BCUT2D eigenvalue weighted by atomic mass is 9.96. The molecule has 3 heterocycles. The van der Waals surface area contributed by atoms with E-state index in [1.54, 1.807) is 43.1 Å². The average molecular weight is 594 g/mol. The molecule has 2 N–H and O–H groups in total. The molecule has 3 aromatic heterocycles. The van der Waals surface area contributed by atoms with Crippen LogP contribution in [-0.4, -0.2) is 41.1 Å². The summed E-state index contributed by atoms with van der Waals surface area (Å²) in [6.07, 6.45) is 3.35. The Labute approximate surface area is 243 Å². The maximum absolute atomic E-state index is 14.3. The molecule has 0 aliphatic rings. The second kappa shape index (κ2) is 11.6. The third-order valence-electron chi connectivity index (χ3n) is 6.58. The van der Waals surface area contributed by atoms with Crippen molar-refractivity contribution >= 4 is 56.6 Å². The van der Waals surface area contributed by atoms with Gasteiger partial charge >= 0.3 is 0 Å². The minimum atomic E-state index is -0.677. The second-order valence-electron chi connectivity index (χ2n) is 9.46. The largest absolute Gasteiger partial charge is 0.342 e. The number of benzene rings is 2. The molecule has 5 aromatic rings. The van der Waals surface area contributed by atoms with Crippen LogP contribution in [0.15, 0.2) is 54.9 Å². The fourth-order valence-electron chi connectivity index (χ4n) is 4.57. The zero-order valence-electron chi connectivity index (χ0n) is 22.3. The van der Waals surface area contributed by atoms with Crippen LogP contribution < -0.4 is 10.6 Å². The van der Waals surface area contributed by atoms with Gasteiger partial charge < -0.3 is 19.8 Å². The predicted molar refractivity (Wildman–Crippen MR) is 154 cm³/mol. The summed E-state index contributed by atoms with van der Waals surface area (Å²) in [6, 6.07) is 11.2. The van der Waals surface area contributed by atoms with Crippen LogP contribution in [0.25, 0.3) is 10.1 Å². The number of carbonyl (C=O) groups excluding carboxylic acids is 3. The van der Waals surface area contributed by atoms with Gasteiger partial charge in [-0.05, 0) is 48.3 Å². The number of hydrogen-bond donors (Lipinski definition) is 2. The van der Waals surface area contributed by atoms with E-state index in [0.717, 1.165) is 4.70 Å². The fraction of sp³-hybridized carbons (Fsp3) is 0.214. The Balaban J connectivity index is 1.60. The van der Waals surface area contributed by atoms with E-state index in [1.807, 2.05) is 12.1 Å². The molecule has 1 atom stereocenters. The summed E-state index contributed by atoms with van der Waals surface area (Å²) in [7, 11) is 1.80. The number of nitrogens with zero attached hydrogens (tertiary/aromatic N) is 5. The van der Waals surface area contributed by atoms with Crippen molar-refractivity contribution in [2.45, 2.75) is 32.9 Å². The van der Waals surface area contributed by atoms with Gasteiger partial charge in [0.25, 0.3) is 11.8 Å². The van der Waals surface area contributed by atoms with Crippen LogP contribution in [-0.2, 0) is 24.9 Å². The smallest absolute Gasteiger partial charge is 0.287 e. The number of nitrogens with one attached hydrogen (secondary N) is 2. The number of aromatic nitrogens is 5. The minimum Gasteiger partial charge on any atom is -0.342 e. The molecule has 0 aliphatic carbocycles. The number of fused-ring (bicyclic) bond motifs is 1. The summed E-state index contributed by atoms with van der Waals surface area (Å²) in [5.74, 6) is -2.06. The third kappa shape index (κ3) is 5.74. The van der Waals surface area contributed by atoms with Gasteiger partial charge in [-0.25, -0.2) is 14.4 Å². The Morgan fingerprint density at radius 1 is 1.15 bits per heavy atom. The van der Waals surface area contributed by atoms with Gasteiger partial charge in [-0.15, -0.1) is 0 Å². The minimum absolute atomic E-state index is 0.0308. The predicted octanol–water partition coefficient (Wildman–Crippen LogP) is 4.94. The number of amides is 2. The quantitative estimate of drug-likeness (QED) is 0.249. The monoisotopic (exact) mass is 593 g/mol. The Bertz CT molecular complexity index is 1790. The molecule has 5 rings (SSSR count). The third-order valence-corrected chi connectivity index (χ3v) is 7.75. The van der Waals surface area contributed by atoms with Crippen LogP contribution in [0.5, 0.6) is 0 Å². The molecule has 0 aliphatic heterocycles. The van der Waals surface area contributed by atoms with Crippen molar-refractivity contribution < 1.29 is 18.8 Å². The number of aryl methyl sites for hydroxylation is 1. The van der Waals surface area contributed by atoms with Crippen molar-refractivity contribution in [3.63, 3.8) is 0 Å². The van der Waals surface area contributed by atoms with Gasteiger partial charge in [-0.2, -0.15) is 4.37 Å². The molecule has 10 nitrogen and oxygen atoms in total. The van der Waals surface area contributed by atoms with Crippen molar-refractivity contribution in [1.29, 1.82) is 0 Å². The Kier molecular flexibility index (Phi) is 7.95. The van der Waals surface area contributed by atoms with Crippen molar-refractivity contribution in [1.82, 2.24) is 28.8 Å². The highest BCUT2D eigenvalue weighted by Crippen LogP contribution is 2.36. The van der Waals surface area contributed by atoms with E-state index < -0.39 is 23.5 Å². The molecule has 0 saturated carbocycles.